The van der Waals surface area contributed by atoms with Crippen molar-refractivity contribution in [3.63, 3.8) is 0 Å². The summed E-state index contributed by atoms with van der Waals surface area (Å²) in [5, 5.41) is 3.34. The van der Waals surface area contributed by atoms with Crippen LogP contribution in [-0.2, 0) is 0 Å². The summed E-state index contributed by atoms with van der Waals surface area (Å²) < 4.78 is 0. The highest BCUT2D eigenvalue weighted by Crippen LogP contribution is 2.26. The number of aryl methyl sites for hydroxylation is 1. The smallest absolute Gasteiger partial charge is 0.180 e. The molecule has 0 saturated carbocycles. The Kier molecular flexibility index (Phi) is 6.27. The van der Waals surface area contributed by atoms with Gasteiger partial charge in [-0.3, -0.25) is 9.69 Å². The molecule has 0 aromatic heterocycles. The summed E-state index contributed by atoms with van der Waals surface area (Å²) in [7, 11) is 0. The van der Waals surface area contributed by atoms with Gasteiger partial charge in [-0.15, -0.1) is 11.8 Å². The zero-order chi connectivity index (χ0) is 15.2. The molecule has 116 valence electrons. The number of hydrogen-bond donors (Lipinski definition) is 1. The summed E-state index contributed by atoms with van der Waals surface area (Å²) in [6, 6.07) is 6.23. The lowest BCUT2D eigenvalue weighted by molar-refractivity contribution is 0.0817. The second-order valence-electron chi connectivity index (χ2n) is 5.67. The Bertz CT molecular complexity index is 484. The minimum Gasteiger partial charge on any atom is -0.314 e. The van der Waals surface area contributed by atoms with Crippen LogP contribution in [0.3, 0.4) is 0 Å². The standard InChI is InChI=1S/C17H26N2OS/c1-4-11-21-16-6-5-13(2)12-15(16)17(20)14(3)19-9-7-18-8-10-19/h5-6,12,14,18H,4,7-11H2,1-3H3. The number of ketones is 1. The Hall–Kier alpha value is -0.840. The number of nitrogens with one attached hydrogen (secondary N) is 1. The lowest BCUT2D eigenvalue weighted by Gasteiger charge is -2.32. The minimum atomic E-state index is -0.0325. The topological polar surface area (TPSA) is 32.3 Å². The van der Waals surface area contributed by atoms with Gasteiger partial charge in [0, 0.05) is 36.6 Å². The van der Waals surface area contributed by atoms with Crippen molar-refractivity contribution in [2.75, 3.05) is 31.9 Å². The zero-order valence-electron chi connectivity index (χ0n) is 13.3. The Morgan fingerprint density at radius 3 is 2.76 bits per heavy atom. The number of benzene rings is 1. The van der Waals surface area contributed by atoms with Crippen LogP contribution in [0.15, 0.2) is 23.1 Å². The number of nitrogens with zero attached hydrogens (tertiary/aromatic N) is 1. The fraction of sp³-hybridized carbons (Fsp3) is 0.588. The van der Waals surface area contributed by atoms with Crippen molar-refractivity contribution in [3.05, 3.63) is 29.3 Å². The van der Waals surface area contributed by atoms with Crippen molar-refractivity contribution < 1.29 is 4.79 Å². The maximum atomic E-state index is 12.9. The van der Waals surface area contributed by atoms with E-state index in [4.69, 9.17) is 0 Å². The normalized spacial score (nSPS) is 17.7. The summed E-state index contributed by atoms with van der Waals surface area (Å²) in [6.07, 6.45) is 1.12. The van der Waals surface area contributed by atoms with Gasteiger partial charge in [0.25, 0.3) is 0 Å². The van der Waals surface area contributed by atoms with Crippen molar-refractivity contribution in [1.29, 1.82) is 0 Å². The van der Waals surface area contributed by atoms with E-state index in [1.165, 1.54) is 0 Å². The third kappa shape index (κ3) is 4.31. The Labute approximate surface area is 132 Å². The average molecular weight is 306 g/mol. The molecule has 0 radical (unpaired) electrons. The number of thioether (sulfide) groups is 1. The molecule has 1 aliphatic heterocycles. The molecule has 1 fully saturated rings. The highest BCUT2D eigenvalue weighted by molar-refractivity contribution is 7.99. The van der Waals surface area contributed by atoms with Crippen LogP contribution in [-0.4, -0.2) is 48.7 Å². The van der Waals surface area contributed by atoms with E-state index in [0.29, 0.717) is 0 Å². The van der Waals surface area contributed by atoms with Crippen LogP contribution in [0.25, 0.3) is 0 Å². The molecule has 2 rings (SSSR count). The van der Waals surface area contributed by atoms with Crippen molar-refractivity contribution in [1.82, 2.24) is 10.2 Å². The fourth-order valence-corrected chi connectivity index (χ4v) is 3.54. The molecule has 1 atom stereocenters. The summed E-state index contributed by atoms with van der Waals surface area (Å²) in [5.41, 5.74) is 2.06. The van der Waals surface area contributed by atoms with Crippen molar-refractivity contribution in [2.45, 2.75) is 38.1 Å². The van der Waals surface area contributed by atoms with Crippen LogP contribution >= 0.6 is 11.8 Å². The molecule has 1 aromatic rings. The molecule has 0 aliphatic carbocycles. The van der Waals surface area contributed by atoms with E-state index in [9.17, 15) is 4.79 Å². The van der Waals surface area contributed by atoms with Gasteiger partial charge in [-0.1, -0.05) is 18.6 Å². The second-order valence-corrected chi connectivity index (χ2v) is 6.81. The zero-order valence-corrected chi connectivity index (χ0v) is 14.1. The van der Waals surface area contributed by atoms with Crippen LogP contribution in [0.2, 0.25) is 0 Å². The number of carbonyl (C=O) groups excluding carboxylic acids is 1. The molecule has 3 nitrogen and oxygen atoms in total. The maximum absolute atomic E-state index is 12.9. The molecule has 1 unspecified atom stereocenters. The first-order valence-corrected chi connectivity index (χ1v) is 8.84. The van der Waals surface area contributed by atoms with Gasteiger partial charge in [0.05, 0.1) is 6.04 Å². The van der Waals surface area contributed by atoms with Crippen LogP contribution < -0.4 is 5.32 Å². The molecular weight excluding hydrogens is 280 g/mol. The highest BCUT2D eigenvalue weighted by atomic mass is 32.2. The van der Waals surface area contributed by atoms with E-state index in [1.54, 1.807) is 11.8 Å². The highest BCUT2D eigenvalue weighted by Gasteiger charge is 2.25. The van der Waals surface area contributed by atoms with E-state index in [1.807, 2.05) is 6.92 Å². The van der Waals surface area contributed by atoms with Crippen molar-refractivity contribution in [2.24, 2.45) is 0 Å². The van der Waals surface area contributed by atoms with Gasteiger partial charge in [0.2, 0.25) is 0 Å². The van der Waals surface area contributed by atoms with E-state index in [2.05, 4.69) is 42.3 Å². The van der Waals surface area contributed by atoms with Crippen LogP contribution in [0.1, 0.15) is 36.2 Å². The number of Topliss-reactive ketones (excluding diaryl/α,β-unsaturated/α-hetero) is 1. The van der Waals surface area contributed by atoms with Crippen molar-refractivity contribution >= 4 is 17.5 Å². The number of carbonyl (C=O) groups is 1. The van der Waals surface area contributed by atoms with Gasteiger partial charge in [-0.05, 0) is 38.2 Å². The average Bonchev–Trinajstić information content (AvgIpc) is 2.53. The maximum Gasteiger partial charge on any atom is 0.180 e. The van der Waals surface area contributed by atoms with Gasteiger partial charge in [-0.2, -0.15) is 0 Å². The number of piperazine rings is 1. The molecule has 0 amide bonds. The molecule has 1 aromatic carbocycles. The monoisotopic (exact) mass is 306 g/mol. The van der Waals surface area contributed by atoms with E-state index >= 15 is 0 Å². The van der Waals surface area contributed by atoms with Crippen LogP contribution in [0, 0.1) is 6.92 Å². The van der Waals surface area contributed by atoms with E-state index in [-0.39, 0.29) is 11.8 Å². The van der Waals surface area contributed by atoms with Gasteiger partial charge in [-0.25, -0.2) is 0 Å². The minimum absolute atomic E-state index is 0.0325. The van der Waals surface area contributed by atoms with Crippen LogP contribution in [0.5, 0.6) is 0 Å². The molecule has 0 bridgehead atoms. The number of rotatable bonds is 6. The predicted octanol–water partition coefficient (Wildman–Crippen LogP) is 2.97. The first-order chi connectivity index (χ1) is 10.1. The van der Waals surface area contributed by atoms with Gasteiger partial charge < -0.3 is 5.32 Å². The molecule has 1 saturated heterocycles. The van der Waals surface area contributed by atoms with Gasteiger partial charge in [0.1, 0.15) is 0 Å². The Balaban J connectivity index is 2.18. The predicted molar refractivity (Wildman–Crippen MR) is 90.4 cm³/mol. The molecule has 4 heteroatoms. The van der Waals surface area contributed by atoms with Crippen molar-refractivity contribution in [3.8, 4) is 0 Å². The summed E-state index contributed by atoms with van der Waals surface area (Å²) in [4.78, 5) is 16.3. The molecule has 1 aliphatic rings. The second kappa shape index (κ2) is 7.97. The molecule has 0 spiro atoms. The van der Waals surface area contributed by atoms with Gasteiger partial charge >= 0.3 is 0 Å². The molecule has 1 heterocycles. The van der Waals surface area contributed by atoms with Crippen LogP contribution in [0.4, 0.5) is 0 Å². The first-order valence-electron chi connectivity index (χ1n) is 7.86. The summed E-state index contributed by atoms with van der Waals surface area (Å²) >= 11 is 1.80. The first kappa shape index (κ1) is 16.5. The molecule has 21 heavy (non-hydrogen) atoms. The summed E-state index contributed by atoms with van der Waals surface area (Å²) in [6.45, 7) is 10.1. The summed E-state index contributed by atoms with van der Waals surface area (Å²) in [5.74, 6) is 1.32. The van der Waals surface area contributed by atoms with E-state index < -0.39 is 0 Å². The lowest BCUT2D eigenvalue weighted by Crippen LogP contribution is -2.50. The SMILES string of the molecule is CCCSc1ccc(C)cc1C(=O)C(C)N1CCNCC1. The fourth-order valence-electron chi connectivity index (χ4n) is 2.63. The number of hydrogen-bond acceptors (Lipinski definition) is 4. The quantitative estimate of drug-likeness (QED) is 0.647. The van der Waals surface area contributed by atoms with Gasteiger partial charge in [0.15, 0.2) is 5.78 Å². The third-order valence-electron chi connectivity index (χ3n) is 3.94. The molecular formula is C17H26N2OS. The largest absolute Gasteiger partial charge is 0.314 e. The lowest BCUT2D eigenvalue weighted by atomic mass is 10.0. The third-order valence-corrected chi connectivity index (χ3v) is 5.22. The molecule has 1 N–H and O–H groups in total. The van der Waals surface area contributed by atoms with E-state index in [0.717, 1.165) is 54.4 Å². The Morgan fingerprint density at radius 2 is 2.10 bits per heavy atom. The Morgan fingerprint density at radius 1 is 1.38 bits per heavy atom.